The molecule has 5 rings (SSSR count). The number of allylic oxidation sites excluding steroid dienone is 4. The molecule has 0 spiro atoms. The van der Waals surface area contributed by atoms with Crippen LogP contribution in [0.1, 0.15) is 77.3 Å². The number of rotatable bonds is 8. The van der Waals surface area contributed by atoms with E-state index in [0.29, 0.717) is 6.42 Å². The fourth-order valence-corrected chi connectivity index (χ4v) is 8.48. The fourth-order valence-electron chi connectivity index (χ4n) is 8.48. The lowest BCUT2D eigenvalue weighted by atomic mass is 9.46. The molecule has 1 aromatic rings. The van der Waals surface area contributed by atoms with Crippen molar-refractivity contribution in [2.75, 3.05) is 6.61 Å². The molecule has 4 aliphatic rings. The highest BCUT2D eigenvalue weighted by molar-refractivity contribution is 6.01. The molecular formula is C33H41NO7. The van der Waals surface area contributed by atoms with Crippen molar-refractivity contribution in [2.24, 2.45) is 28.6 Å². The van der Waals surface area contributed by atoms with Crippen molar-refractivity contribution in [1.29, 1.82) is 0 Å². The molecular weight excluding hydrogens is 522 g/mol. The van der Waals surface area contributed by atoms with Crippen LogP contribution in [-0.2, 0) is 23.9 Å². The van der Waals surface area contributed by atoms with Crippen LogP contribution in [0.2, 0.25) is 0 Å². The molecule has 1 amide bonds. The van der Waals surface area contributed by atoms with E-state index >= 15 is 0 Å². The number of Topliss-reactive ketones (excluding diaryl/α,β-unsaturated/α-hetero) is 1. The zero-order chi connectivity index (χ0) is 29.6. The van der Waals surface area contributed by atoms with Gasteiger partial charge in [-0.3, -0.25) is 19.2 Å². The lowest BCUT2D eigenvalue weighted by Gasteiger charge is -2.59. The predicted octanol–water partition coefficient (Wildman–Crippen LogP) is 3.77. The van der Waals surface area contributed by atoms with Gasteiger partial charge >= 0.3 is 5.97 Å². The molecule has 1 aromatic carbocycles. The van der Waals surface area contributed by atoms with E-state index in [1.807, 2.05) is 50.3 Å². The van der Waals surface area contributed by atoms with Crippen LogP contribution in [-0.4, -0.2) is 52.0 Å². The molecule has 0 unspecified atom stereocenters. The van der Waals surface area contributed by atoms with Gasteiger partial charge in [0.25, 0.3) is 0 Å². The minimum absolute atomic E-state index is 0.0141. The van der Waals surface area contributed by atoms with E-state index in [1.54, 1.807) is 12.2 Å². The topological polar surface area (TPSA) is 130 Å². The maximum absolute atomic E-state index is 13.4. The Labute approximate surface area is 241 Å². The second-order valence-corrected chi connectivity index (χ2v) is 12.9. The van der Waals surface area contributed by atoms with Gasteiger partial charge < -0.3 is 20.3 Å². The Hall–Kier alpha value is -3.10. The summed E-state index contributed by atoms with van der Waals surface area (Å²) < 4.78 is 5.24. The van der Waals surface area contributed by atoms with E-state index in [-0.39, 0.29) is 61.2 Å². The van der Waals surface area contributed by atoms with Gasteiger partial charge in [-0.2, -0.15) is 0 Å². The lowest BCUT2D eigenvalue weighted by Crippen LogP contribution is -2.61. The average Bonchev–Trinajstić information content (AvgIpc) is 3.21. The number of hydrogen-bond acceptors (Lipinski definition) is 7. The summed E-state index contributed by atoms with van der Waals surface area (Å²) in [6.45, 7) is 5.26. The molecule has 0 heterocycles. The molecule has 3 N–H and O–H groups in total. The Bertz CT molecular complexity index is 1290. The maximum Gasteiger partial charge on any atom is 0.306 e. The third-order valence-corrected chi connectivity index (χ3v) is 10.7. The Kier molecular flexibility index (Phi) is 7.85. The van der Waals surface area contributed by atoms with Gasteiger partial charge in [0, 0.05) is 23.2 Å². The number of esters is 1. The molecule has 41 heavy (non-hydrogen) atoms. The van der Waals surface area contributed by atoms with E-state index < -0.39 is 40.9 Å². The first-order valence-electron chi connectivity index (χ1n) is 14.8. The number of aliphatic hydroxyl groups excluding tert-OH is 1. The molecule has 0 saturated heterocycles. The number of nitrogens with one attached hydrogen (secondary N) is 1. The number of hydrogen-bond donors (Lipinski definition) is 3. The van der Waals surface area contributed by atoms with Crippen LogP contribution < -0.4 is 5.32 Å². The van der Waals surface area contributed by atoms with Gasteiger partial charge in [0.1, 0.15) is 5.60 Å². The van der Waals surface area contributed by atoms with Crippen LogP contribution in [0.3, 0.4) is 0 Å². The summed E-state index contributed by atoms with van der Waals surface area (Å²) in [7, 11) is 0. The second kappa shape index (κ2) is 11.0. The monoisotopic (exact) mass is 563 g/mol. The molecule has 0 aliphatic heterocycles. The first-order valence-corrected chi connectivity index (χ1v) is 14.8. The van der Waals surface area contributed by atoms with Gasteiger partial charge in [-0.1, -0.05) is 55.8 Å². The summed E-state index contributed by atoms with van der Waals surface area (Å²) in [6, 6.07) is 9.29. The Morgan fingerprint density at radius 3 is 2.59 bits per heavy atom. The minimum atomic E-state index is -1.72. The molecule has 3 saturated carbocycles. The Morgan fingerprint density at radius 2 is 1.85 bits per heavy atom. The third-order valence-electron chi connectivity index (χ3n) is 10.7. The van der Waals surface area contributed by atoms with Gasteiger partial charge in [0.2, 0.25) is 11.7 Å². The molecule has 220 valence electrons. The SMILES string of the molecule is C[C@@H](NC(=O)CCC(=O)OCC(=O)[C@]1(O)CC[C@H]2[C@H]3CCC4=CC(=O)C=C[C@]4(C)[C@H]3[C@@H](O)C[C@@]21C)c1ccccc1. The van der Waals surface area contributed by atoms with Crippen LogP contribution in [0.4, 0.5) is 0 Å². The van der Waals surface area contributed by atoms with Gasteiger partial charge in [0.05, 0.1) is 18.6 Å². The highest BCUT2D eigenvalue weighted by Gasteiger charge is 2.68. The number of benzene rings is 1. The molecule has 8 heteroatoms. The number of aliphatic hydroxyl groups is 2. The molecule has 8 nitrogen and oxygen atoms in total. The number of ether oxygens (including phenoxy) is 1. The summed E-state index contributed by atoms with van der Waals surface area (Å²) in [5.74, 6) is -1.55. The highest BCUT2D eigenvalue weighted by Crippen LogP contribution is 2.67. The molecule has 0 bridgehead atoms. The van der Waals surface area contributed by atoms with Gasteiger partial charge in [-0.05, 0) is 68.6 Å². The van der Waals surface area contributed by atoms with Crippen molar-refractivity contribution in [3.8, 4) is 0 Å². The zero-order valence-electron chi connectivity index (χ0n) is 24.1. The molecule has 8 atom stereocenters. The summed E-state index contributed by atoms with van der Waals surface area (Å²) in [5.41, 5.74) is -1.01. The van der Waals surface area contributed by atoms with E-state index in [0.717, 1.165) is 24.0 Å². The highest BCUT2D eigenvalue weighted by atomic mass is 16.5. The van der Waals surface area contributed by atoms with Crippen LogP contribution in [0.25, 0.3) is 0 Å². The normalized spacial score (nSPS) is 36.3. The first kappa shape index (κ1) is 29.4. The largest absolute Gasteiger partial charge is 0.458 e. The zero-order valence-corrected chi connectivity index (χ0v) is 24.1. The fraction of sp³-hybridized carbons (Fsp3) is 0.576. The smallest absolute Gasteiger partial charge is 0.306 e. The number of carbonyl (C=O) groups is 4. The minimum Gasteiger partial charge on any atom is -0.458 e. The lowest BCUT2D eigenvalue weighted by molar-refractivity contribution is -0.181. The van der Waals surface area contributed by atoms with Crippen molar-refractivity contribution in [1.82, 2.24) is 5.32 Å². The number of ketones is 2. The van der Waals surface area contributed by atoms with E-state index in [4.69, 9.17) is 4.74 Å². The quantitative estimate of drug-likeness (QED) is 0.411. The third kappa shape index (κ3) is 5.10. The van der Waals surface area contributed by atoms with E-state index in [1.165, 1.54) is 0 Å². The van der Waals surface area contributed by atoms with Crippen molar-refractivity contribution in [2.45, 2.75) is 83.5 Å². The number of fused-ring (bicyclic) bond motifs is 5. The average molecular weight is 564 g/mol. The molecule has 0 radical (unpaired) electrons. The maximum atomic E-state index is 13.4. The van der Waals surface area contributed by atoms with Gasteiger partial charge in [0.15, 0.2) is 12.4 Å². The molecule has 4 aliphatic carbocycles. The van der Waals surface area contributed by atoms with Crippen LogP contribution >= 0.6 is 0 Å². The van der Waals surface area contributed by atoms with Crippen molar-refractivity contribution in [3.05, 3.63) is 59.7 Å². The summed E-state index contributed by atoms with van der Waals surface area (Å²) >= 11 is 0. The van der Waals surface area contributed by atoms with Crippen LogP contribution in [0.15, 0.2) is 54.1 Å². The summed E-state index contributed by atoms with van der Waals surface area (Å²) in [5, 5.41) is 26.1. The van der Waals surface area contributed by atoms with E-state index in [9.17, 15) is 29.4 Å². The number of carbonyl (C=O) groups excluding carboxylic acids is 4. The van der Waals surface area contributed by atoms with Crippen molar-refractivity contribution >= 4 is 23.4 Å². The number of amides is 1. The summed E-state index contributed by atoms with van der Waals surface area (Å²) in [6.07, 6.45) is 6.88. The molecule has 3 fully saturated rings. The van der Waals surface area contributed by atoms with Gasteiger partial charge in [-0.25, -0.2) is 0 Å². The van der Waals surface area contributed by atoms with Crippen LogP contribution in [0, 0.1) is 28.6 Å². The Balaban J connectivity index is 1.18. The van der Waals surface area contributed by atoms with Crippen LogP contribution in [0.5, 0.6) is 0 Å². The van der Waals surface area contributed by atoms with E-state index in [2.05, 4.69) is 12.2 Å². The molecule has 0 aromatic heterocycles. The van der Waals surface area contributed by atoms with Crippen molar-refractivity contribution in [3.63, 3.8) is 0 Å². The standard InChI is InChI=1S/C33H41NO7/c1-20(21-7-5-4-6-8-21)34-28(38)11-12-29(39)41-19-27(37)33(40)16-14-25-24-10-9-22-17-23(35)13-15-31(22,2)30(24)26(36)18-32(25,33)3/h4-8,13,15,17,20,24-26,30,36,40H,9-12,14,16,18-19H2,1-3H3,(H,34,38)/t20-,24-,25+,26+,30-,31+,32+,33-/m1/s1. The first-order chi connectivity index (χ1) is 19.4. The van der Waals surface area contributed by atoms with Gasteiger partial charge in [-0.15, -0.1) is 0 Å². The predicted molar refractivity (Wildman–Crippen MR) is 151 cm³/mol. The Morgan fingerprint density at radius 1 is 1.12 bits per heavy atom. The van der Waals surface area contributed by atoms with Crippen molar-refractivity contribution < 1.29 is 34.1 Å². The second-order valence-electron chi connectivity index (χ2n) is 12.9. The summed E-state index contributed by atoms with van der Waals surface area (Å²) in [4.78, 5) is 50.2.